The zero-order chi connectivity index (χ0) is 18.1. The lowest BCUT2D eigenvalue weighted by Gasteiger charge is -2.21. The van der Waals surface area contributed by atoms with Crippen molar-refractivity contribution in [2.24, 2.45) is 0 Å². The van der Waals surface area contributed by atoms with Gasteiger partial charge in [-0.05, 0) is 18.6 Å². The van der Waals surface area contributed by atoms with Gasteiger partial charge in [0.1, 0.15) is 12.2 Å². The first kappa shape index (κ1) is 18.5. The maximum Gasteiger partial charge on any atom is 0.232 e. The molecule has 0 aliphatic heterocycles. The summed E-state index contributed by atoms with van der Waals surface area (Å²) in [5, 5.41) is 2.78. The van der Waals surface area contributed by atoms with Gasteiger partial charge in [0, 0.05) is 25.2 Å². The molecule has 2 amide bonds. The first-order valence-electron chi connectivity index (χ1n) is 8.34. The molecule has 0 aliphatic carbocycles. The average Bonchev–Trinajstić information content (AvgIpc) is 2.65. The lowest BCUT2D eigenvalue weighted by molar-refractivity contribution is -0.136. The molecule has 0 radical (unpaired) electrons. The van der Waals surface area contributed by atoms with Gasteiger partial charge in [-0.25, -0.2) is 0 Å². The van der Waals surface area contributed by atoms with E-state index in [1.807, 2.05) is 61.5 Å². The lowest BCUT2D eigenvalue weighted by atomic mass is 10.2. The minimum absolute atomic E-state index is 0.157. The van der Waals surface area contributed by atoms with Crippen molar-refractivity contribution in [3.8, 4) is 5.75 Å². The summed E-state index contributed by atoms with van der Waals surface area (Å²) in [5.74, 6) is 0.250. The maximum atomic E-state index is 12.4. The van der Waals surface area contributed by atoms with Crippen LogP contribution in [0.2, 0.25) is 0 Å². The highest BCUT2D eigenvalue weighted by Crippen LogP contribution is 2.16. The van der Waals surface area contributed by atoms with E-state index < -0.39 is 0 Å². The van der Waals surface area contributed by atoms with Crippen LogP contribution < -0.4 is 10.1 Å². The van der Waals surface area contributed by atoms with Gasteiger partial charge in [0.25, 0.3) is 0 Å². The standard InChI is InChI=1S/C20H24N2O3/c1-3-22(15-16-9-5-4-6-10-16)20(24)13-19(23)21-14-17-11-7-8-12-18(17)25-2/h4-12H,3,13-15H2,1-2H3,(H,21,23). The van der Waals surface area contributed by atoms with Gasteiger partial charge < -0.3 is 15.0 Å². The molecule has 5 nitrogen and oxygen atoms in total. The summed E-state index contributed by atoms with van der Waals surface area (Å²) in [6, 6.07) is 17.2. The largest absolute Gasteiger partial charge is 0.496 e. The van der Waals surface area contributed by atoms with Crippen molar-refractivity contribution in [3.63, 3.8) is 0 Å². The van der Waals surface area contributed by atoms with Crippen LogP contribution in [-0.4, -0.2) is 30.4 Å². The van der Waals surface area contributed by atoms with Crippen molar-refractivity contribution in [2.75, 3.05) is 13.7 Å². The van der Waals surface area contributed by atoms with Crippen molar-refractivity contribution in [1.29, 1.82) is 0 Å². The number of amides is 2. The van der Waals surface area contributed by atoms with Crippen LogP contribution in [0.1, 0.15) is 24.5 Å². The number of benzene rings is 2. The Morgan fingerprint density at radius 2 is 1.72 bits per heavy atom. The molecule has 25 heavy (non-hydrogen) atoms. The number of carbonyl (C=O) groups excluding carboxylic acids is 2. The Kier molecular flexibility index (Phi) is 7.01. The summed E-state index contributed by atoms with van der Waals surface area (Å²) in [6.07, 6.45) is -0.157. The summed E-state index contributed by atoms with van der Waals surface area (Å²) in [4.78, 5) is 26.1. The first-order valence-corrected chi connectivity index (χ1v) is 8.34. The van der Waals surface area contributed by atoms with Gasteiger partial charge in [-0.2, -0.15) is 0 Å². The van der Waals surface area contributed by atoms with Crippen molar-refractivity contribution in [2.45, 2.75) is 26.4 Å². The van der Waals surface area contributed by atoms with Crippen molar-refractivity contribution in [3.05, 3.63) is 65.7 Å². The summed E-state index contributed by atoms with van der Waals surface area (Å²) in [5.41, 5.74) is 1.93. The third kappa shape index (κ3) is 5.64. The summed E-state index contributed by atoms with van der Waals surface area (Å²) in [7, 11) is 1.59. The van der Waals surface area contributed by atoms with Crippen molar-refractivity contribution in [1.82, 2.24) is 10.2 Å². The molecule has 132 valence electrons. The van der Waals surface area contributed by atoms with Crippen LogP contribution in [0.15, 0.2) is 54.6 Å². The molecule has 0 saturated heterocycles. The predicted octanol–water partition coefficient (Wildman–Crippen LogP) is 2.75. The average molecular weight is 340 g/mol. The Morgan fingerprint density at radius 1 is 1.04 bits per heavy atom. The predicted molar refractivity (Wildman–Crippen MR) is 97.0 cm³/mol. The Balaban J connectivity index is 1.87. The minimum atomic E-state index is -0.289. The molecule has 2 aromatic carbocycles. The summed E-state index contributed by atoms with van der Waals surface area (Å²) < 4.78 is 5.25. The van der Waals surface area contributed by atoms with Crippen LogP contribution in [0.5, 0.6) is 5.75 Å². The van der Waals surface area contributed by atoms with Gasteiger partial charge in [-0.1, -0.05) is 48.5 Å². The molecule has 0 atom stereocenters. The second-order valence-electron chi connectivity index (χ2n) is 5.66. The van der Waals surface area contributed by atoms with Crippen LogP contribution in [0.4, 0.5) is 0 Å². The Bertz CT molecular complexity index is 701. The molecule has 0 aliphatic rings. The number of rotatable bonds is 8. The van der Waals surface area contributed by atoms with E-state index in [-0.39, 0.29) is 18.2 Å². The molecule has 0 heterocycles. The number of ether oxygens (including phenoxy) is 1. The summed E-state index contributed by atoms with van der Waals surface area (Å²) in [6.45, 7) is 3.32. The molecule has 2 aromatic rings. The zero-order valence-electron chi connectivity index (χ0n) is 14.7. The molecule has 1 N–H and O–H groups in total. The highest BCUT2D eigenvalue weighted by molar-refractivity contribution is 5.96. The number of nitrogens with one attached hydrogen (secondary N) is 1. The first-order chi connectivity index (χ1) is 12.1. The van der Waals surface area contributed by atoms with Gasteiger partial charge in [0.15, 0.2) is 0 Å². The third-order valence-electron chi connectivity index (χ3n) is 3.93. The molecular formula is C20H24N2O3. The van der Waals surface area contributed by atoms with E-state index in [4.69, 9.17) is 4.74 Å². The van der Waals surface area contributed by atoms with E-state index in [9.17, 15) is 9.59 Å². The maximum absolute atomic E-state index is 12.4. The Hall–Kier alpha value is -2.82. The van der Waals surface area contributed by atoms with Gasteiger partial charge in [-0.3, -0.25) is 9.59 Å². The van der Waals surface area contributed by atoms with Gasteiger partial charge in [0.05, 0.1) is 7.11 Å². The SMILES string of the molecule is CCN(Cc1ccccc1)C(=O)CC(=O)NCc1ccccc1OC. The van der Waals surface area contributed by atoms with Gasteiger partial charge >= 0.3 is 0 Å². The molecule has 0 fully saturated rings. The second-order valence-corrected chi connectivity index (χ2v) is 5.66. The fraction of sp³-hybridized carbons (Fsp3) is 0.300. The number of para-hydroxylation sites is 1. The van der Waals surface area contributed by atoms with E-state index in [2.05, 4.69) is 5.32 Å². The van der Waals surface area contributed by atoms with Crippen LogP contribution in [-0.2, 0) is 22.7 Å². The smallest absolute Gasteiger partial charge is 0.232 e. The van der Waals surface area contributed by atoms with Crippen LogP contribution in [0, 0.1) is 0 Å². The molecular weight excluding hydrogens is 316 g/mol. The minimum Gasteiger partial charge on any atom is -0.496 e. The molecule has 0 aromatic heterocycles. The molecule has 0 unspecified atom stereocenters. The normalized spacial score (nSPS) is 10.2. The molecule has 0 saturated carbocycles. The van der Waals surface area contributed by atoms with Gasteiger partial charge in [-0.15, -0.1) is 0 Å². The summed E-state index contributed by atoms with van der Waals surface area (Å²) >= 11 is 0. The van der Waals surface area contributed by atoms with E-state index in [1.54, 1.807) is 12.0 Å². The lowest BCUT2D eigenvalue weighted by Crippen LogP contribution is -2.35. The Labute approximate surface area is 148 Å². The number of nitrogens with zero attached hydrogens (tertiary/aromatic N) is 1. The van der Waals surface area contributed by atoms with Crippen LogP contribution in [0.3, 0.4) is 0 Å². The van der Waals surface area contributed by atoms with E-state index >= 15 is 0 Å². The molecule has 2 rings (SSSR count). The number of hydrogen-bond donors (Lipinski definition) is 1. The fourth-order valence-corrected chi connectivity index (χ4v) is 2.53. The molecule has 5 heteroatoms. The van der Waals surface area contributed by atoms with Gasteiger partial charge in [0.2, 0.25) is 11.8 Å². The van der Waals surface area contributed by atoms with Crippen LogP contribution in [0.25, 0.3) is 0 Å². The zero-order valence-corrected chi connectivity index (χ0v) is 14.7. The van der Waals surface area contributed by atoms with Crippen LogP contribution >= 0.6 is 0 Å². The van der Waals surface area contributed by atoms with E-state index in [1.165, 1.54) is 0 Å². The topological polar surface area (TPSA) is 58.6 Å². The number of hydrogen-bond acceptors (Lipinski definition) is 3. The number of methoxy groups -OCH3 is 1. The highest BCUT2D eigenvalue weighted by Gasteiger charge is 2.16. The second kappa shape index (κ2) is 9.47. The highest BCUT2D eigenvalue weighted by atomic mass is 16.5. The van der Waals surface area contributed by atoms with E-state index in [0.29, 0.717) is 25.4 Å². The quantitative estimate of drug-likeness (QED) is 0.752. The van der Waals surface area contributed by atoms with Crippen molar-refractivity contribution >= 4 is 11.8 Å². The molecule has 0 bridgehead atoms. The molecule has 0 spiro atoms. The third-order valence-corrected chi connectivity index (χ3v) is 3.93. The fourth-order valence-electron chi connectivity index (χ4n) is 2.53. The monoisotopic (exact) mass is 340 g/mol. The number of carbonyl (C=O) groups is 2. The Morgan fingerprint density at radius 3 is 2.40 bits per heavy atom. The van der Waals surface area contributed by atoms with Crippen molar-refractivity contribution < 1.29 is 14.3 Å². The van der Waals surface area contributed by atoms with E-state index in [0.717, 1.165) is 11.1 Å².